The minimum absolute atomic E-state index is 0. The van der Waals surface area contributed by atoms with Crippen LogP contribution in [-0.2, 0) is 9.59 Å². The number of nitrogens with zero attached hydrogens (tertiary/aromatic N) is 1. The zero-order valence-corrected chi connectivity index (χ0v) is 19.8. The molecule has 2 fully saturated rings. The molecule has 1 aliphatic carbocycles. The Hall–Kier alpha value is -2.07. The fourth-order valence-corrected chi connectivity index (χ4v) is 5.09. The van der Waals surface area contributed by atoms with Crippen molar-refractivity contribution in [3.8, 4) is 5.75 Å². The van der Waals surface area contributed by atoms with Gasteiger partial charge in [-0.25, -0.2) is 4.79 Å². The number of hydrogen-bond donors (Lipinski definition) is 3. The maximum atomic E-state index is 12.6. The first-order valence-electron chi connectivity index (χ1n) is 10.0. The van der Waals surface area contributed by atoms with Crippen LogP contribution in [0.3, 0.4) is 0 Å². The molecule has 1 aromatic carbocycles. The molecular formula is C21H24N3NaO6. The van der Waals surface area contributed by atoms with Crippen LogP contribution in [0, 0.1) is 11.8 Å². The smallest absolute Gasteiger partial charge is 0.543 e. The number of carboxylic acid groups (broad SMARTS) is 1. The molecular weight excluding hydrogens is 413 g/mol. The van der Waals surface area contributed by atoms with E-state index in [1.807, 2.05) is 0 Å². The van der Waals surface area contributed by atoms with Crippen molar-refractivity contribution in [2.75, 3.05) is 12.4 Å². The Bertz CT molecular complexity index is 933. The monoisotopic (exact) mass is 437 g/mol. The summed E-state index contributed by atoms with van der Waals surface area (Å²) >= 11 is 0. The number of aliphatic hydroxyl groups excluding tert-OH is 1. The SMILES string of the molecule is COc1ccccc1NC(=O)N[C@H]1CCC[C@H]2C1=C(C(=O)[O-])N1C(=O)[C@H](C(C)O)[C@@H]21.[Na+]. The molecule has 10 heteroatoms. The second-order valence-corrected chi connectivity index (χ2v) is 7.95. The summed E-state index contributed by atoms with van der Waals surface area (Å²) in [6.45, 7) is 1.54. The number of ether oxygens (including phenoxy) is 1. The van der Waals surface area contributed by atoms with Gasteiger partial charge in [-0.2, -0.15) is 0 Å². The number of urea groups is 1. The fraction of sp³-hybridized carbons (Fsp3) is 0.476. The summed E-state index contributed by atoms with van der Waals surface area (Å²) in [7, 11) is 1.50. The minimum Gasteiger partial charge on any atom is -0.543 e. The van der Waals surface area contributed by atoms with Crippen molar-refractivity contribution in [3.05, 3.63) is 35.5 Å². The summed E-state index contributed by atoms with van der Waals surface area (Å²) < 4.78 is 5.23. The molecule has 0 radical (unpaired) electrons. The molecule has 4 rings (SSSR count). The number of benzene rings is 1. The number of para-hydroxylation sites is 2. The van der Waals surface area contributed by atoms with Crippen LogP contribution in [0.15, 0.2) is 35.5 Å². The van der Waals surface area contributed by atoms with E-state index in [4.69, 9.17) is 4.74 Å². The van der Waals surface area contributed by atoms with E-state index >= 15 is 0 Å². The van der Waals surface area contributed by atoms with Crippen LogP contribution >= 0.6 is 0 Å². The Kier molecular flexibility index (Phi) is 7.00. The van der Waals surface area contributed by atoms with Gasteiger partial charge in [-0.3, -0.25) is 4.79 Å². The number of methoxy groups -OCH3 is 1. The van der Waals surface area contributed by atoms with Gasteiger partial charge in [0.1, 0.15) is 5.75 Å². The van der Waals surface area contributed by atoms with E-state index in [0.29, 0.717) is 29.9 Å². The molecule has 3 N–H and O–H groups in total. The molecule has 5 atom stereocenters. The topological polar surface area (TPSA) is 131 Å². The molecule has 2 heterocycles. The van der Waals surface area contributed by atoms with E-state index in [0.717, 1.165) is 6.42 Å². The van der Waals surface area contributed by atoms with E-state index in [-0.39, 0.29) is 41.2 Å². The van der Waals surface area contributed by atoms with Crippen molar-refractivity contribution in [3.63, 3.8) is 0 Å². The summed E-state index contributed by atoms with van der Waals surface area (Å²) in [4.78, 5) is 38.3. The Labute approximate surface area is 202 Å². The number of β-lactam (4-membered cyclic amide) rings is 1. The van der Waals surface area contributed by atoms with Crippen molar-refractivity contribution < 1.29 is 58.9 Å². The van der Waals surface area contributed by atoms with Crippen molar-refractivity contribution in [2.24, 2.45) is 11.8 Å². The largest absolute Gasteiger partial charge is 1.00 e. The Morgan fingerprint density at radius 3 is 2.65 bits per heavy atom. The molecule has 31 heavy (non-hydrogen) atoms. The molecule has 1 saturated heterocycles. The molecule has 1 aromatic rings. The van der Waals surface area contributed by atoms with Crippen molar-refractivity contribution >= 4 is 23.6 Å². The zero-order valence-electron chi connectivity index (χ0n) is 17.8. The Morgan fingerprint density at radius 2 is 2.00 bits per heavy atom. The van der Waals surface area contributed by atoms with Gasteiger partial charge in [-0.1, -0.05) is 18.6 Å². The van der Waals surface area contributed by atoms with Crippen molar-refractivity contribution in [2.45, 2.75) is 44.4 Å². The quantitative estimate of drug-likeness (QED) is 0.337. The third-order valence-electron chi connectivity index (χ3n) is 6.27. The van der Waals surface area contributed by atoms with Crippen LogP contribution in [0.5, 0.6) is 5.75 Å². The van der Waals surface area contributed by atoms with Crippen LogP contribution in [0.2, 0.25) is 0 Å². The number of aliphatic hydroxyl groups is 1. The molecule has 3 aliphatic rings. The van der Waals surface area contributed by atoms with Crippen molar-refractivity contribution in [1.29, 1.82) is 0 Å². The number of carbonyl (C=O) groups is 3. The third-order valence-corrected chi connectivity index (χ3v) is 6.27. The number of carbonyl (C=O) groups excluding carboxylic acids is 3. The number of anilines is 1. The van der Waals surface area contributed by atoms with Gasteiger partial charge in [0.05, 0.1) is 48.6 Å². The predicted molar refractivity (Wildman–Crippen MR) is 104 cm³/mol. The maximum Gasteiger partial charge on any atom is 1.00 e. The molecule has 1 unspecified atom stereocenters. The van der Waals surface area contributed by atoms with Crippen LogP contribution in [-0.4, -0.2) is 53.2 Å². The number of carboxylic acids is 1. The van der Waals surface area contributed by atoms with Crippen LogP contribution in [0.25, 0.3) is 0 Å². The minimum atomic E-state index is -1.44. The van der Waals surface area contributed by atoms with Gasteiger partial charge >= 0.3 is 35.6 Å². The fourth-order valence-electron chi connectivity index (χ4n) is 5.09. The van der Waals surface area contributed by atoms with E-state index in [1.165, 1.54) is 18.9 Å². The van der Waals surface area contributed by atoms with E-state index < -0.39 is 42.0 Å². The summed E-state index contributed by atoms with van der Waals surface area (Å²) in [5, 5.41) is 27.5. The molecule has 0 aromatic heterocycles. The zero-order chi connectivity index (χ0) is 21.6. The summed E-state index contributed by atoms with van der Waals surface area (Å²) in [5.41, 5.74) is 0.839. The average molecular weight is 437 g/mol. The molecule has 3 amide bonds. The van der Waals surface area contributed by atoms with Crippen LogP contribution in [0.4, 0.5) is 10.5 Å². The second-order valence-electron chi connectivity index (χ2n) is 7.95. The maximum absolute atomic E-state index is 12.6. The summed E-state index contributed by atoms with van der Waals surface area (Å²) in [5.74, 6) is -2.20. The first kappa shape index (κ1) is 23.6. The van der Waals surface area contributed by atoms with Gasteiger partial charge in [0.15, 0.2) is 0 Å². The summed E-state index contributed by atoms with van der Waals surface area (Å²) in [6.07, 6.45) is 1.13. The normalized spacial score (nSPS) is 27.3. The van der Waals surface area contributed by atoms with Gasteiger partial charge < -0.3 is 35.3 Å². The van der Waals surface area contributed by atoms with Gasteiger partial charge in [-0.05, 0) is 37.5 Å². The number of nitrogens with one attached hydrogen (secondary N) is 2. The van der Waals surface area contributed by atoms with E-state index in [1.54, 1.807) is 24.3 Å². The van der Waals surface area contributed by atoms with Crippen LogP contribution < -0.4 is 50.0 Å². The molecule has 2 aliphatic heterocycles. The van der Waals surface area contributed by atoms with Gasteiger partial charge in [-0.15, -0.1) is 0 Å². The Balaban J connectivity index is 0.00000272. The number of amides is 3. The van der Waals surface area contributed by atoms with Crippen LogP contribution in [0.1, 0.15) is 26.2 Å². The Morgan fingerprint density at radius 1 is 1.29 bits per heavy atom. The third kappa shape index (κ3) is 3.95. The number of hydrogen-bond acceptors (Lipinski definition) is 6. The predicted octanol–water partition coefficient (Wildman–Crippen LogP) is -2.79. The number of aliphatic carboxylic acids is 1. The molecule has 9 nitrogen and oxygen atoms in total. The van der Waals surface area contributed by atoms with E-state index in [2.05, 4.69) is 10.6 Å². The number of fused-ring (bicyclic) bond motifs is 3. The molecule has 160 valence electrons. The number of rotatable bonds is 5. The first-order chi connectivity index (χ1) is 14.3. The van der Waals surface area contributed by atoms with Gasteiger partial charge in [0.2, 0.25) is 5.91 Å². The average Bonchev–Trinajstić information content (AvgIpc) is 2.99. The molecule has 0 spiro atoms. The molecule has 1 saturated carbocycles. The molecule has 0 bridgehead atoms. The second kappa shape index (κ2) is 9.20. The van der Waals surface area contributed by atoms with E-state index in [9.17, 15) is 24.6 Å². The first-order valence-corrected chi connectivity index (χ1v) is 10.0. The van der Waals surface area contributed by atoms with Gasteiger partial charge in [0.25, 0.3) is 0 Å². The van der Waals surface area contributed by atoms with Crippen molar-refractivity contribution in [1.82, 2.24) is 10.2 Å². The standard InChI is InChI=1S/C21H25N3O6.Na/c1-10(25)15-17-11-6-5-8-13(16(11)18(20(27)28)24(17)19(15)26)23-21(29)22-12-7-3-4-9-14(12)30-2;/h3-4,7,9-11,13,15,17,25H,5-6,8H2,1-2H3,(H,27,28)(H2,22,23,29);/q;+1/p-1/t10?,11-,13-,15+,17+;/m0./s1. The summed E-state index contributed by atoms with van der Waals surface area (Å²) in [6, 6.07) is 5.51. The van der Waals surface area contributed by atoms with Gasteiger partial charge in [0, 0.05) is 5.92 Å².